The molecule has 1 saturated heterocycles. The molecule has 0 unspecified atom stereocenters. The van der Waals surface area contributed by atoms with Crippen LogP contribution < -0.4 is 5.32 Å². The van der Waals surface area contributed by atoms with Crippen LogP contribution in [0.3, 0.4) is 0 Å². The summed E-state index contributed by atoms with van der Waals surface area (Å²) in [6.45, 7) is 3.53. The van der Waals surface area contributed by atoms with E-state index < -0.39 is 0 Å². The first kappa shape index (κ1) is 19.3. The van der Waals surface area contributed by atoms with E-state index in [1.54, 1.807) is 11.8 Å². The minimum Gasteiger partial charge on any atom is -0.322 e. The number of benzene rings is 2. The van der Waals surface area contributed by atoms with Crippen molar-refractivity contribution < 1.29 is 4.79 Å². The highest BCUT2D eigenvalue weighted by atomic mass is 32.2. The molecule has 26 heavy (non-hydrogen) atoms. The monoisotopic (exact) mass is 386 g/mol. The molecule has 138 valence electrons. The minimum atomic E-state index is -0.0562. The molecule has 2 aromatic carbocycles. The van der Waals surface area contributed by atoms with Gasteiger partial charge in [0.1, 0.15) is 0 Å². The van der Waals surface area contributed by atoms with Gasteiger partial charge >= 0.3 is 0 Å². The van der Waals surface area contributed by atoms with Crippen LogP contribution in [0.4, 0.5) is 5.69 Å². The van der Waals surface area contributed by atoms with Crippen LogP contribution in [0.25, 0.3) is 0 Å². The van der Waals surface area contributed by atoms with Crippen LogP contribution in [0.1, 0.15) is 21.5 Å². The topological polar surface area (TPSA) is 32.3 Å². The number of amides is 1. The number of thioether (sulfide) groups is 2. The Morgan fingerprint density at radius 2 is 1.69 bits per heavy atom. The maximum Gasteiger partial charge on any atom is 0.255 e. The molecule has 1 heterocycles. The zero-order valence-electron chi connectivity index (χ0n) is 15.2. The number of carbonyl (C=O) groups is 1. The van der Waals surface area contributed by atoms with Gasteiger partial charge in [-0.25, -0.2) is 0 Å². The number of rotatable bonds is 7. The van der Waals surface area contributed by atoms with E-state index in [0.29, 0.717) is 5.56 Å². The molecule has 0 saturated carbocycles. The third kappa shape index (κ3) is 5.79. The van der Waals surface area contributed by atoms with E-state index >= 15 is 0 Å². The first-order valence-electron chi connectivity index (χ1n) is 9.03. The fourth-order valence-electron chi connectivity index (χ4n) is 2.99. The number of hydrogen-bond donors (Lipinski definition) is 1. The second-order valence-corrected chi connectivity index (χ2v) is 8.58. The number of nitrogens with one attached hydrogen (secondary N) is 1. The van der Waals surface area contributed by atoms with E-state index in [1.165, 1.54) is 35.7 Å². The van der Waals surface area contributed by atoms with Gasteiger partial charge in [0.05, 0.1) is 0 Å². The van der Waals surface area contributed by atoms with Crippen molar-refractivity contribution in [2.75, 3.05) is 42.7 Å². The smallest absolute Gasteiger partial charge is 0.255 e. The van der Waals surface area contributed by atoms with Gasteiger partial charge in [0.25, 0.3) is 5.91 Å². The summed E-state index contributed by atoms with van der Waals surface area (Å²) in [7, 11) is 0. The van der Waals surface area contributed by atoms with E-state index in [1.807, 2.05) is 48.2 Å². The van der Waals surface area contributed by atoms with Gasteiger partial charge in [-0.1, -0.05) is 24.3 Å². The number of anilines is 1. The van der Waals surface area contributed by atoms with Gasteiger partial charge in [-0.3, -0.25) is 4.79 Å². The Balaban J connectivity index is 1.50. The normalized spacial score (nSPS) is 15.0. The van der Waals surface area contributed by atoms with E-state index in [0.717, 1.165) is 24.4 Å². The molecule has 1 aliphatic rings. The Kier molecular flexibility index (Phi) is 7.47. The summed E-state index contributed by atoms with van der Waals surface area (Å²) in [6.07, 6.45) is 3.14. The third-order valence-electron chi connectivity index (χ3n) is 4.56. The lowest BCUT2D eigenvalue weighted by molar-refractivity contribution is 0.102. The van der Waals surface area contributed by atoms with Crippen LogP contribution in [-0.4, -0.2) is 48.2 Å². The summed E-state index contributed by atoms with van der Waals surface area (Å²) in [5.74, 6) is 3.42. The van der Waals surface area contributed by atoms with Crippen LogP contribution in [-0.2, 0) is 12.2 Å². The van der Waals surface area contributed by atoms with Gasteiger partial charge in [0.15, 0.2) is 0 Å². The van der Waals surface area contributed by atoms with Crippen molar-refractivity contribution in [1.29, 1.82) is 0 Å². The van der Waals surface area contributed by atoms with E-state index in [2.05, 4.69) is 28.6 Å². The highest BCUT2D eigenvalue weighted by Gasteiger charge is 2.10. The SMILES string of the molecule is CSCc1ccc(C(=O)Nc2ccc(CCN3CCSCC3)cc2)cc1. The minimum absolute atomic E-state index is 0.0562. The number of carbonyl (C=O) groups excluding carboxylic acids is 1. The average molecular weight is 387 g/mol. The molecule has 1 fully saturated rings. The molecule has 1 N–H and O–H groups in total. The highest BCUT2D eigenvalue weighted by molar-refractivity contribution is 7.99. The van der Waals surface area contributed by atoms with Gasteiger partial charge < -0.3 is 10.2 Å². The molecule has 2 aromatic rings. The van der Waals surface area contributed by atoms with Crippen LogP contribution in [0.15, 0.2) is 48.5 Å². The largest absolute Gasteiger partial charge is 0.322 e. The van der Waals surface area contributed by atoms with Crippen LogP contribution in [0.5, 0.6) is 0 Å². The molecule has 0 radical (unpaired) electrons. The van der Waals surface area contributed by atoms with Gasteiger partial charge in [0.2, 0.25) is 0 Å². The van der Waals surface area contributed by atoms with Gasteiger partial charge in [-0.05, 0) is 48.1 Å². The molecule has 1 aliphatic heterocycles. The van der Waals surface area contributed by atoms with Crippen molar-refractivity contribution in [2.24, 2.45) is 0 Å². The predicted molar refractivity (Wildman–Crippen MR) is 116 cm³/mol. The molecule has 1 amide bonds. The van der Waals surface area contributed by atoms with Crippen LogP contribution in [0.2, 0.25) is 0 Å². The maximum atomic E-state index is 12.4. The van der Waals surface area contributed by atoms with E-state index in [4.69, 9.17) is 0 Å². The maximum absolute atomic E-state index is 12.4. The van der Waals surface area contributed by atoms with Gasteiger partial charge in [0, 0.05) is 48.1 Å². The summed E-state index contributed by atoms with van der Waals surface area (Å²) < 4.78 is 0. The van der Waals surface area contributed by atoms with Crippen molar-refractivity contribution in [3.63, 3.8) is 0 Å². The molecule has 5 heteroatoms. The Hall–Kier alpha value is -1.43. The van der Waals surface area contributed by atoms with Crippen molar-refractivity contribution in [2.45, 2.75) is 12.2 Å². The Morgan fingerprint density at radius 3 is 2.35 bits per heavy atom. The lowest BCUT2D eigenvalue weighted by Gasteiger charge is -2.26. The van der Waals surface area contributed by atoms with Crippen LogP contribution >= 0.6 is 23.5 Å². The summed E-state index contributed by atoms with van der Waals surface area (Å²) in [5, 5.41) is 2.99. The zero-order valence-corrected chi connectivity index (χ0v) is 16.9. The predicted octanol–water partition coefficient (Wildman–Crippen LogP) is 4.39. The summed E-state index contributed by atoms with van der Waals surface area (Å²) in [5.41, 5.74) is 4.11. The molecule has 0 aromatic heterocycles. The Bertz CT molecular complexity index is 695. The average Bonchev–Trinajstić information content (AvgIpc) is 2.69. The second kappa shape index (κ2) is 10.0. The van der Waals surface area contributed by atoms with Crippen molar-refractivity contribution >= 4 is 35.1 Å². The summed E-state index contributed by atoms with van der Waals surface area (Å²) >= 11 is 3.83. The van der Waals surface area contributed by atoms with Crippen molar-refractivity contribution in [3.05, 3.63) is 65.2 Å². The van der Waals surface area contributed by atoms with Gasteiger partial charge in [-0.15, -0.1) is 0 Å². The molecule has 3 nitrogen and oxygen atoms in total. The first-order chi connectivity index (χ1) is 12.7. The van der Waals surface area contributed by atoms with E-state index in [-0.39, 0.29) is 5.91 Å². The fraction of sp³-hybridized carbons (Fsp3) is 0.381. The molecule has 0 aliphatic carbocycles. The molecule has 3 rings (SSSR count). The first-order valence-corrected chi connectivity index (χ1v) is 11.6. The Labute approximate surface area is 164 Å². The second-order valence-electron chi connectivity index (χ2n) is 6.48. The van der Waals surface area contributed by atoms with Crippen LogP contribution in [0, 0.1) is 0 Å². The Morgan fingerprint density at radius 1 is 1.04 bits per heavy atom. The third-order valence-corrected chi connectivity index (χ3v) is 6.12. The van der Waals surface area contributed by atoms with E-state index in [9.17, 15) is 4.79 Å². The number of nitrogens with zero attached hydrogens (tertiary/aromatic N) is 1. The quantitative estimate of drug-likeness (QED) is 0.765. The molecular weight excluding hydrogens is 360 g/mol. The highest BCUT2D eigenvalue weighted by Crippen LogP contribution is 2.15. The zero-order chi connectivity index (χ0) is 18.2. The van der Waals surface area contributed by atoms with Gasteiger partial charge in [-0.2, -0.15) is 23.5 Å². The summed E-state index contributed by atoms with van der Waals surface area (Å²) in [4.78, 5) is 14.9. The van der Waals surface area contributed by atoms with Crippen molar-refractivity contribution in [1.82, 2.24) is 4.90 Å². The standard InChI is InChI=1S/C21H26N2OS2/c1-25-16-18-2-6-19(7-3-18)21(24)22-20-8-4-17(5-9-20)10-11-23-12-14-26-15-13-23/h2-9H,10-16H2,1H3,(H,22,24). The molecule has 0 bridgehead atoms. The lowest BCUT2D eigenvalue weighted by atomic mass is 10.1. The molecular formula is C21H26N2OS2. The number of hydrogen-bond acceptors (Lipinski definition) is 4. The lowest BCUT2D eigenvalue weighted by Crippen LogP contribution is -2.34. The fourth-order valence-corrected chi connectivity index (χ4v) is 4.49. The van der Waals surface area contributed by atoms with Crippen molar-refractivity contribution in [3.8, 4) is 0 Å². The summed E-state index contributed by atoms with van der Waals surface area (Å²) in [6, 6.07) is 16.1. The molecule has 0 atom stereocenters. The molecule has 0 spiro atoms.